The predicted octanol–water partition coefficient (Wildman–Crippen LogP) is 2.65. The van der Waals surface area contributed by atoms with Crippen LogP contribution in [0.3, 0.4) is 0 Å². The van der Waals surface area contributed by atoms with Crippen molar-refractivity contribution in [2.24, 2.45) is 0 Å². The smallest absolute Gasteiger partial charge is 0.337 e. The van der Waals surface area contributed by atoms with Crippen molar-refractivity contribution in [3.63, 3.8) is 0 Å². The fourth-order valence-electron chi connectivity index (χ4n) is 3.20. The molecule has 2 aromatic carbocycles. The fraction of sp³-hybridized carbons (Fsp3) is 0.250. The van der Waals surface area contributed by atoms with E-state index in [1.54, 1.807) is 16.8 Å². The van der Waals surface area contributed by atoms with Gasteiger partial charge in [-0.2, -0.15) is 0 Å². The van der Waals surface area contributed by atoms with E-state index in [-0.39, 0.29) is 12.2 Å². The summed E-state index contributed by atoms with van der Waals surface area (Å²) in [6, 6.07) is 17.4. The van der Waals surface area contributed by atoms with E-state index < -0.39 is 0 Å². The molecular formula is C20H20N4O3. The summed E-state index contributed by atoms with van der Waals surface area (Å²) >= 11 is 0. The second-order valence-electron chi connectivity index (χ2n) is 6.29. The van der Waals surface area contributed by atoms with Crippen LogP contribution in [-0.2, 0) is 16.0 Å². The highest BCUT2D eigenvalue weighted by Crippen LogP contribution is 2.30. The normalized spacial score (nSPS) is 16.5. The van der Waals surface area contributed by atoms with E-state index in [0.29, 0.717) is 18.7 Å². The van der Waals surface area contributed by atoms with Gasteiger partial charge in [0.05, 0.1) is 32.0 Å². The van der Waals surface area contributed by atoms with Gasteiger partial charge in [0.2, 0.25) is 0 Å². The Morgan fingerprint density at radius 2 is 2.07 bits per heavy atom. The Bertz CT molecular complexity index is 926. The van der Waals surface area contributed by atoms with Crippen molar-refractivity contribution < 1.29 is 14.3 Å². The molecule has 0 unspecified atom stereocenters. The number of hydrogen-bond acceptors (Lipinski definition) is 6. The third-order valence-electron chi connectivity index (χ3n) is 4.48. The quantitative estimate of drug-likeness (QED) is 0.648. The van der Waals surface area contributed by atoms with E-state index in [0.717, 1.165) is 23.5 Å². The minimum Gasteiger partial charge on any atom is -0.465 e. The number of nitrogens with zero attached hydrogens (tertiary/aromatic N) is 4. The van der Waals surface area contributed by atoms with Crippen LogP contribution in [0.4, 0.5) is 5.69 Å². The van der Waals surface area contributed by atoms with Crippen molar-refractivity contribution >= 4 is 11.7 Å². The maximum Gasteiger partial charge on any atom is 0.337 e. The fourth-order valence-corrected chi connectivity index (χ4v) is 3.20. The Kier molecular flexibility index (Phi) is 4.84. The molecule has 0 aliphatic carbocycles. The summed E-state index contributed by atoms with van der Waals surface area (Å²) in [5.41, 5.74) is 3.33. The van der Waals surface area contributed by atoms with Gasteiger partial charge in [0, 0.05) is 12.2 Å². The molecule has 1 atom stereocenters. The van der Waals surface area contributed by atoms with E-state index in [9.17, 15) is 4.79 Å². The number of carbonyl (C=O) groups excluding carboxylic acids is 1. The first-order valence-corrected chi connectivity index (χ1v) is 8.75. The molecule has 138 valence electrons. The van der Waals surface area contributed by atoms with E-state index in [2.05, 4.69) is 27.3 Å². The number of ether oxygens (including phenoxy) is 2. The molecule has 7 nitrogen and oxygen atoms in total. The number of esters is 1. The second kappa shape index (κ2) is 7.59. The van der Waals surface area contributed by atoms with Crippen LogP contribution in [-0.4, -0.2) is 41.2 Å². The molecule has 3 aromatic rings. The van der Waals surface area contributed by atoms with Crippen molar-refractivity contribution in [2.45, 2.75) is 12.8 Å². The van der Waals surface area contributed by atoms with Gasteiger partial charge in [-0.15, -0.1) is 5.10 Å². The molecule has 4 rings (SSSR count). The van der Waals surface area contributed by atoms with Crippen molar-refractivity contribution in [3.05, 3.63) is 77.6 Å². The SMILES string of the molecule is COC(=O)c1cccc(Cn2cc([C@H]3OCCN3c3ccccc3)nn2)c1. The van der Waals surface area contributed by atoms with E-state index in [4.69, 9.17) is 9.47 Å². The van der Waals surface area contributed by atoms with Gasteiger partial charge < -0.3 is 14.4 Å². The first kappa shape index (κ1) is 17.2. The maximum atomic E-state index is 11.7. The zero-order chi connectivity index (χ0) is 18.6. The Balaban J connectivity index is 1.51. The molecule has 7 heteroatoms. The maximum absolute atomic E-state index is 11.7. The number of methoxy groups -OCH3 is 1. The predicted molar refractivity (Wildman–Crippen MR) is 99.4 cm³/mol. The molecule has 0 radical (unpaired) electrons. The van der Waals surface area contributed by atoms with Gasteiger partial charge in [-0.25, -0.2) is 9.48 Å². The van der Waals surface area contributed by atoms with Gasteiger partial charge in [-0.3, -0.25) is 0 Å². The summed E-state index contributed by atoms with van der Waals surface area (Å²) in [6.07, 6.45) is 1.64. The summed E-state index contributed by atoms with van der Waals surface area (Å²) in [4.78, 5) is 13.9. The molecule has 1 fully saturated rings. The Morgan fingerprint density at radius 1 is 1.22 bits per heavy atom. The Labute approximate surface area is 157 Å². The monoisotopic (exact) mass is 364 g/mol. The molecule has 27 heavy (non-hydrogen) atoms. The largest absolute Gasteiger partial charge is 0.465 e. The van der Waals surface area contributed by atoms with E-state index in [1.807, 2.05) is 36.5 Å². The molecule has 0 bridgehead atoms. The van der Waals surface area contributed by atoms with Crippen molar-refractivity contribution in [1.82, 2.24) is 15.0 Å². The first-order valence-electron chi connectivity index (χ1n) is 8.75. The number of hydrogen-bond donors (Lipinski definition) is 0. The molecule has 2 heterocycles. The minimum absolute atomic E-state index is 0.248. The summed E-state index contributed by atoms with van der Waals surface area (Å²) in [7, 11) is 1.37. The lowest BCUT2D eigenvalue weighted by molar-refractivity contribution is 0.0600. The molecular weight excluding hydrogens is 344 g/mol. The van der Waals surface area contributed by atoms with Crippen LogP contribution in [0.25, 0.3) is 0 Å². The molecule has 1 saturated heterocycles. The molecule has 0 spiro atoms. The van der Waals surface area contributed by atoms with Crippen molar-refractivity contribution in [3.8, 4) is 0 Å². The van der Waals surface area contributed by atoms with Crippen LogP contribution in [0.1, 0.15) is 27.8 Å². The van der Waals surface area contributed by atoms with Gasteiger partial charge >= 0.3 is 5.97 Å². The molecule has 1 aliphatic rings. The molecule has 1 aliphatic heterocycles. The van der Waals surface area contributed by atoms with Gasteiger partial charge in [0.15, 0.2) is 6.23 Å². The zero-order valence-electron chi connectivity index (χ0n) is 15.0. The lowest BCUT2D eigenvalue weighted by Crippen LogP contribution is -2.23. The van der Waals surface area contributed by atoms with Crippen LogP contribution in [0.15, 0.2) is 60.8 Å². The topological polar surface area (TPSA) is 69.5 Å². The standard InChI is InChI=1S/C20H20N4O3/c1-26-20(25)16-7-5-6-15(12-16)13-23-14-18(21-22-23)19-24(10-11-27-19)17-8-3-2-4-9-17/h2-9,12,14,19H,10-11,13H2,1H3/t19-/m1/s1. The van der Waals surface area contributed by atoms with E-state index in [1.165, 1.54) is 7.11 Å². The molecule has 0 N–H and O–H groups in total. The third kappa shape index (κ3) is 3.68. The lowest BCUT2D eigenvalue weighted by atomic mass is 10.1. The van der Waals surface area contributed by atoms with Crippen molar-refractivity contribution in [1.29, 1.82) is 0 Å². The average Bonchev–Trinajstić information content (AvgIpc) is 3.37. The first-order chi connectivity index (χ1) is 13.2. The average molecular weight is 364 g/mol. The highest BCUT2D eigenvalue weighted by molar-refractivity contribution is 5.89. The number of aromatic nitrogens is 3. The number of para-hydroxylation sites is 1. The molecule has 0 amide bonds. The van der Waals surface area contributed by atoms with Crippen LogP contribution in [0.2, 0.25) is 0 Å². The van der Waals surface area contributed by atoms with Gasteiger partial charge in [0.25, 0.3) is 0 Å². The zero-order valence-corrected chi connectivity index (χ0v) is 15.0. The van der Waals surface area contributed by atoms with Gasteiger partial charge in [0.1, 0.15) is 5.69 Å². The van der Waals surface area contributed by atoms with Gasteiger partial charge in [-0.1, -0.05) is 35.5 Å². The molecule has 0 saturated carbocycles. The van der Waals surface area contributed by atoms with Crippen LogP contribution in [0, 0.1) is 0 Å². The number of benzene rings is 2. The lowest BCUT2D eigenvalue weighted by Gasteiger charge is -2.23. The summed E-state index contributed by atoms with van der Waals surface area (Å²) < 4.78 is 12.4. The van der Waals surface area contributed by atoms with Gasteiger partial charge in [-0.05, 0) is 29.8 Å². The van der Waals surface area contributed by atoms with E-state index >= 15 is 0 Å². The van der Waals surface area contributed by atoms with Crippen LogP contribution < -0.4 is 4.90 Å². The van der Waals surface area contributed by atoms with Crippen LogP contribution in [0.5, 0.6) is 0 Å². The number of rotatable bonds is 5. The summed E-state index contributed by atoms with van der Waals surface area (Å²) in [5.74, 6) is -0.353. The highest BCUT2D eigenvalue weighted by Gasteiger charge is 2.29. The van der Waals surface area contributed by atoms with Crippen molar-refractivity contribution in [2.75, 3.05) is 25.2 Å². The third-order valence-corrected chi connectivity index (χ3v) is 4.48. The Hall–Kier alpha value is -3.19. The minimum atomic E-state index is -0.353. The second-order valence-corrected chi connectivity index (χ2v) is 6.29. The number of anilines is 1. The summed E-state index contributed by atoms with van der Waals surface area (Å²) in [6.45, 7) is 1.96. The number of carbonyl (C=O) groups is 1. The highest BCUT2D eigenvalue weighted by atomic mass is 16.5. The Morgan fingerprint density at radius 3 is 2.89 bits per heavy atom. The molecule has 1 aromatic heterocycles. The summed E-state index contributed by atoms with van der Waals surface area (Å²) in [5, 5.41) is 8.52. The van der Waals surface area contributed by atoms with Crippen LogP contribution >= 0.6 is 0 Å².